The fraction of sp³-hybridized carbons (Fsp3) is 0.0833. The summed E-state index contributed by atoms with van der Waals surface area (Å²) in [7, 11) is 1.56. The standard InChI is InChI=1S/C12H12N4O2S/c1-18-8-4-2-7(3-5-8)12(17)15-11-9(10(13)19)6-14-16-11/h2-6H,1H3,(H2,13,19)(H2,14,15,16,17). The lowest BCUT2D eigenvalue weighted by Crippen LogP contribution is -2.16. The highest BCUT2D eigenvalue weighted by Gasteiger charge is 2.12. The summed E-state index contributed by atoms with van der Waals surface area (Å²) >= 11 is 4.86. The Hall–Kier alpha value is -2.41. The van der Waals surface area contributed by atoms with Crippen LogP contribution >= 0.6 is 12.2 Å². The van der Waals surface area contributed by atoms with Crippen LogP contribution in [0, 0.1) is 0 Å². The van der Waals surface area contributed by atoms with Crippen LogP contribution in [0.5, 0.6) is 5.75 Å². The topological polar surface area (TPSA) is 93.0 Å². The fourth-order valence-corrected chi connectivity index (χ4v) is 1.65. The molecule has 1 aromatic carbocycles. The van der Waals surface area contributed by atoms with Gasteiger partial charge in [0.25, 0.3) is 5.91 Å². The van der Waals surface area contributed by atoms with Crippen LogP contribution in [0.2, 0.25) is 0 Å². The first-order valence-corrected chi connectivity index (χ1v) is 5.81. The molecule has 2 rings (SSSR count). The lowest BCUT2D eigenvalue weighted by molar-refractivity contribution is 0.102. The van der Waals surface area contributed by atoms with Crippen molar-refractivity contribution in [2.24, 2.45) is 5.73 Å². The zero-order valence-corrected chi connectivity index (χ0v) is 11.0. The molecule has 19 heavy (non-hydrogen) atoms. The Morgan fingerprint density at radius 1 is 1.42 bits per heavy atom. The minimum Gasteiger partial charge on any atom is -0.497 e. The molecule has 7 heteroatoms. The van der Waals surface area contributed by atoms with Gasteiger partial charge in [-0.15, -0.1) is 0 Å². The van der Waals surface area contributed by atoms with E-state index >= 15 is 0 Å². The summed E-state index contributed by atoms with van der Waals surface area (Å²) in [6.07, 6.45) is 1.46. The molecule has 0 fully saturated rings. The number of nitrogens with zero attached hydrogens (tertiary/aromatic N) is 1. The van der Waals surface area contributed by atoms with Crippen molar-refractivity contribution in [1.82, 2.24) is 10.2 Å². The number of carbonyl (C=O) groups is 1. The Bertz CT molecular complexity index is 606. The van der Waals surface area contributed by atoms with Gasteiger partial charge in [-0.3, -0.25) is 9.89 Å². The van der Waals surface area contributed by atoms with Crippen LogP contribution < -0.4 is 15.8 Å². The third kappa shape index (κ3) is 2.89. The van der Waals surface area contributed by atoms with E-state index in [1.165, 1.54) is 6.20 Å². The second-order valence-electron chi connectivity index (χ2n) is 3.71. The number of nitrogens with two attached hydrogens (primary N) is 1. The van der Waals surface area contributed by atoms with Crippen LogP contribution in [0.15, 0.2) is 30.5 Å². The van der Waals surface area contributed by atoms with Crippen LogP contribution in [-0.2, 0) is 0 Å². The number of H-pyrrole nitrogens is 1. The molecule has 4 N–H and O–H groups in total. The van der Waals surface area contributed by atoms with Crippen molar-refractivity contribution in [1.29, 1.82) is 0 Å². The number of anilines is 1. The van der Waals surface area contributed by atoms with Crippen LogP contribution in [-0.4, -0.2) is 28.2 Å². The molecule has 0 spiro atoms. The summed E-state index contributed by atoms with van der Waals surface area (Å²) in [5.74, 6) is 0.777. The first-order valence-electron chi connectivity index (χ1n) is 5.40. The molecule has 0 aliphatic heterocycles. The maximum Gasteiger partial charge on any atom is 0.256 e. The number of ether oxygens (including phenoxy) is 1. The maximum atomic E-state index is 12.0. The second kappa shape index (κ2) is 5.49. The van der Waals surface area contributed by atoms with Crippen LogP contribution in [0.1, 0.15) is 15.9 Å². The molecule has 98 valence electrons. The van der Waals surface area contributed by atoms with Crippen molar-refractivity contribution < 1.29 is 9.53 Å². The number of aromatic nitrogens is 2. The Kier molecular flexibility index (Phi) is 3.76. The quantitative estimate of drug-likeness (QED) is 0.732. The van der Waals surface area contributed by atoms with Crippen molar-refractivity contribution >= 4 is 28.9 Å². The van der Waals surface area contributed by atoms with Gasteiger partial charge >= 0.3 is 0 Å². The van der Waals surface area contributed by atoms with E-state index in [1.54, 1.807) is 31.4 Å². The molecular formula is C12H12N4O2S. The van der Waals surface area contributed by atoms with E-state index in [2.05, 4.69) is 15.5 Å². The summed E-state index contributed by atoms with van der Waals surface area (Å²) in [5, 5.41) is 9.09. The number of thiocarbonyl (C=S) groups is 1. The predicted octanol–water partition coefficient (Wildman–Crippen LogP) is 1.30. The van der Waals surface area contributed by atoms with E-state index in [4.69, 9.17) is 22.7 Å². The molecule has 0 saturated carbocycles. The van der Waals surface area contributed by atoms with E-state index < -0.39 is 0 Å². The number of methoxy groups -OCH3 is 1. The molecule has 2 aromatic rings. The number of rotatable bonds is 4. The molecule has 1 amide bonds. The number of nitrogens with one attached hydrogen (secondary N) is 2. The molecule has 6 nitrogen and oxygen atoms in total. The minimum atomic E-state index is -0.288. The Morgan fingerprint density at radius 3 is 2.68 bits per heavy atom. The highest BCUT2D eigenvalue weighted by Crippen LogP contribution is 2.15. The van der Waals surface area contributed by atoms with E-state index in [9.17, 15) is 4.79 Å². The van der Waals surface area contributed by atoms with Gasteiger partial charge in [0.2, 0.25) is 0 Å². The average Bonchev–Trinajstić information content (AvgIpc) is 2.87. The monoisotopic (exact) mass is 276 g/mol. The van der Waals surface area contributed by atoms with Gasteiger partial charge in [0, 0.05) is 5.56 Å². The Morgan fingerprint density at radius 2 is 2.11 bits per heavy atom. The van der Waals surface area contributed by atoms with Gasteiger partial charge in [-0.2, -0.15) is 5.10 Å². The third-order valence-corrected chi connectivity index (χ3v) is 2.72. The largest absolute Gasteiger partial charge is 0.497 e. The SMILES string of the molecule is COc1ccc(C(=O)Nc2[nH]ncc2C(N)=S)cc1. The number of carbonyl (C=O) groups excluding carboxylic acids is 1. The smallest absolute Gasteiger partial charge is 0.256 e. The number of hydrogen-bond acceptors (Lipinski definition) is 4. The summed E-state index contributed by atoms with van der Waals surface area (Å²) in [6.45, 7) is 0. The number of hydrogen-bond donors (Lipinski definition) is 3. The molecule has 1 aromatic heterocycles. The molecule has 0 bridgehead atoms. The lowest BCUT2D eigenvalue weighted by atomic mass is 10.2. The summed E-state index contributed by atoms with van der Waals surface area (Å²) < 4.78 is 5.02. The number of aromatic amines is 1. The molecule has 0 saturated heterocycles. The predicted molar refractivity (Wildman–Crippen MR) is 75.4 cm³/mol. The summed E-state index contributed by atoms with van der Waals surface area (Å²) in [5.41, 5.74) is 6.50. The van der Waals surface area contributed by atoms with Crippen LogP contribution in [0.25, 0.3) is 0 Å². The van der Waals surface area contributed by atoms with E-state index in [0.717, 1.165) is 0 Å². The van der Waals surface area contributed by atoms with Crippen molar-refractivity contribution in [2.75, 3.05) is 12.4 Å². The molecule has 0 aliphatic rings. The fourth-order valence-electron chi connectivity index (χ4n) is 1.50. The van der Waals surface area contributed by atoms with Gasteiger partial charge in [-0.05, 0) is 24.3 Å². The van der Waals surface area contributed by atoms with Crippen molar-refractivity contribution in [2.45, 2.75) is 0 Å². The Balaban J connectivity index is 2.16. The third-order valence-electron chi connectivity index (χ3n) is 2.50. The zero-order valence-electron chi connectivity index (χ0n) is 10.1. The molecular weight excluding hydrogens is 264 g/mol. The Labute approximate surface area is 115 Å². The van der Waals surface area contributed by atoms with Gasteiger partial charge in [-0.25, -0.2) is 0 Å². The van der Waals surface area contributed by atoms with E-state index in [0.29, 0.717) is 22.7 Å². The van der Waals surface area contributed by atoms with Gasteiger partial charge in [-0.1, -0.05) is 12.2 Å². The number of amides is 1. The van der Waals surface area contributed by atoms with Gasteiger partial charge in [0.05, 0.1) is 18.9 Å². The highest BCUT2D eigenvalue weighted by molar-refractivity contribution is 7.80. The summed E-state index contributed by atoms with van der Waals surface area (Å²) in [6, 6.07) is 6.72. The normalized spacial score (nSPS) is 9.95. The molecule has 0 radical (unpaired) electrons. The second-order valence-corrected chi connectivity index (χ2v) is 4.15. The van der Waals surface area contributed by atoms with Crippen LogP contribution in [0.4, 0.5) is 5.82 Å². The first kappa shape index (κ1) is 13.0. The highest BCUT2D eigenvalue weighted by atomic mass is 32.1. The molecule has 0 unspecified atom stereocenters. The zero-order chi connectivity index (χ0) is 13.8. The lowest BCUT2D eigenvalue weighted by Gasteiger charge is -2.05. The molecule has 0 aliphatic carbocycles. The van der Waals surface area contributed by atoms with Crippen LogP contribution in [0.3, 0.4) is 0 Å². The van der Waals surface area contributed by atoms with Crippen molar-refractivity contribution in [3.8, 4) is 5.75 Å². The van der Waals surface area contributed by atoms with Gasteiger partial charge in [0.1, 0.15) is 16.6 Å². The molecule has 1 heterocycles. The number of benzene rings is 1. The van der Waals surface area contributed by atoms with Crippen molar-refractivity contribution in [3.05, 3.63) is 41.6 Å². The minimum absolute atomic E-state index is 0.166. The van der Waals surface area contributed by atoms with E-state index in [-0.39, 0.29) is 10.9 Å². The summed E-state index contributed by atoms with van der Waals surface area (Å²) in [4.78, 5) is 12.2. The average molecular weight is 276 g/mol. The maximum absolute atomic E-state index is 12.0. The van der Waals surface area contributed by atoms with Gasteiger partial charge < -0.3 is 15.8 Å². The van der Waals surface area contributed by atoms with Gasteiger partial charge in [0.15, 0.2) is 0 Å². The molecule has 0 atom stereocenters. The first-order chi connectivity index (χ1) is 9.11. The van der Waals surface area contributed by atoms with Crippen molar-refractivity contribution in [3.63, 3.8) is 0 Å². The van der Waals surface area contributed by atoms with E-state index in [1.807, 2.05) is 0 Å².